The molecule has 23 heavy (non-hydrogen) atoms. The summed E-state index contributed by atoms with van der Waals surface area (Å²) in [5, 5.41) is 0. The van der Waals surface area contributed by atoms with E-state index in [9.17, 15) is 18.0 Å². The Labute approximate surface area is 131 Å². The van der Waals surface area contributed by atoms with Crippen molar-refractivity contribution in [2.45, 2.75) is 32.1 Å². The molecule has 1 aliphatic rings. The second-order valence-electron chi connectivity index (χ2n) is 6.47. The Balaban J connectivity index is 2.07. The number of allylic oxidation sites excluding steroid dienone is 1. The summed E-state index contributed by atoms with van der Waals surface area (Å²) in [6.07, 6.45) is 4.46. The summed E-state index contributed by atoms with van der Waals surface area (Å²) in [4.78, 5) is 15.1. The van der Waals surface area contributed by atoms with Crippen LogP contribution in [0.5, 0.6) is 0 Å². The number of H-pyrrole nitrogens is 1. The predicted octanol–water partition coefficient (Wildman–Crippen LogP) is 4.08. The minimum Gasteiger partial charge on any atom is -0.325 e. The van der Waals surface area contributed by atoms with Gasteiger partial charge in [0.1, 0.15) is 17.5 Å². The molecule has 1 heterocycles. The van der Waals surface area contributed by atoms with Crippen LogP contribution in [0.15, 0.2) is 29.1 Å². The van der Waals surface area contributed by atoms with E-state index in [1.54, 1.807) is 6.07 Å². The fourth-order valence-corrected chi connectivity index (χ4v) is 2.93. The minimum atomic E-state index is -0.990. The lowest BCUT2D eigenvalue weighted by Crippen LogP contribution is -2.27. The van der Waals surface area contributed by atoms with Crippen molar-refractivity contribution in [3.63, 3.8) is 0 Å². The first-order chi connectivity index (χ1) is 10.8. The molecule has 0 aliphatic heterocycles. The Hall–Kier alpha value is -2.30. The van der Waals surface area contributed by atoms with Gasteiger partial charge in [0.05, 0.1) is 0 Å². The van der Waals surface area contributed by atoms with Crippen molar-refractivity contribution in [2.75, 3.05) is 0 Å². The Kier molecular flexibility index (Phi) is 3.66. The molecule has 0 saturated carbocycles. The lowest BCUT2D eigenvalue weighted by Gasteiger charge is -2.28. The van der Waals surface area contributed by atoms with Crippen molar-refractivity contribution < 1.29 is 13.2 Å². The summed E-state index contributed by atoms with van der Waals surface area (Å²) in [7, 11) is 0. The molecule has 3 rings (SSSR count). The number of aromatic amines is 1. The first kappa shape index (κ1) is 15.6. The zero-order chi connectivity index (χ0) is 16.8. The molecule has 1 N–H and O–H groups in total. The number of rotatable bonds is 2. The monoisotopic (exact) mass is 319 g/mol. The maximum atomic E-state index is 13.8. The van der Waals surface area contributed by atoms with Crippen LogP contribution >= 0.6 is 0 Å². The normalized spacial score (nSPS) is 15.5. The number of hydrogen-bond acceptors (Lipinski definition) is 1. The number of nitrogens with one attached hydrogen (secondary N) is 1. The third kappa shape index (κ3) is 2.83. The van der Waals surface area contributed by atoms with E-state index >= 15 is 0 Å². The zero-order valence-corrected chi connectivity index (χ0v) is 12.8. The maximum Gasteiger partial charge on any atom is 0.251 e. The van der Waals surface area contributed by atoms with Gasteiger partial charge < -0.3 is 4.98 Å². The van der Waals surface area contributed by atoms with Gasteiger partial charge in [-0.05, 0) is 18.1 Å². The maximum absolute atomic E-state index is 13.8. The Morgan fingerprint density at radius 3 is 2.43 bits per heavy atom. The molecule has 0 unspecified atom stereocenters. The summed E-state index contributed by atoms with van der Waals surface area (Å²) in [6, 6.07) is 2.88. The third-order valence-corrected chi connectivity index (χ3v) is 4.22. The quantitative estimate of drug-likeness (QED) is 0.889. The number of pyridine rings is 1. The number of hydrogen-bond donors (Lipinski definition) is 1. The lowest BCUT2D eigenvalue weighted by atomic mass is 9.79. The van der Waals surface area contributed by atoms with Gasteiger partial charge in [-0.25, -0.2) is 13.2 Å². The molecule has 1 aromatic heterocycles. The second-order valence-corrected chi connectivity index (χ2v) is 6.47. The van der Waals surface area contributed by atoms with Crippen LogP contribution in [0.3, 0.4) is 0 Å². The molecule has 120 valence electrons. The summed E-state index contributed by atoms with van der Waals surface area (Å²) >= 11 is 0. The van der Waals surface area contributed by atoms with Gasteiger partial charge in [-0.15, -0.1) is 0 Å². The number of fused-ring (bicyclic) bond motifs is 1. The first-order valence-electron chi connectivity index (χ1n) is 7.34. The minimum absolute atomic E-state index is 0.200. The summed E-state index contributed by atoms with van der Waals surface area (Å²) in [6.45, 7) is 4.04. The number of benzene rings is 1. The van der Waals surface area contributed by atoms with E-state index in [4.69, 9.17) is 0 Å². The van der Waals surface area contributed by atoms with Gasteiger partial charge in [-0.2, -0.15) is 0 Å². The molecule has 0 spiro atoms. The van der Waals surface area contributed by atoms with Crippen LogP contribution < -0.4 is 5.56 Å². The highest BCUT2D eigenvalue weighted by molar-refractivity contribution is 5.58. The third-order valence-electron chi connectivity index (χ3n) is 4.22. The van der Waals surface area contributed by atoms with Crippen molar-refractivity contribution in [1.29, 1.82) is 0 Å². The molecule has 1 aliphatic carbocycles. The predicted molar refractivity (Wildman–Crippen MR) is 82.9 cm³/mol. The average Bonchev–Trinajstić information content (AvgIpc) is 2.44. The van der Waals surface area contributed by atoms with E-state index in [-0.39, 0.29) is 28.5 Å². The van der Waals surface area contributed by atoms with Crippen molar-refractivity contribution in [1.82, 2.24) is 4.98 Å². The topological polar surface area (TPSA) is 32.9 Å². The molecule has 0 saturated heterocycles. The van der Waals surface area contributed by atoms with Crippen molar-refractivity contribution >= 4 is 6.08 Å². The summed E-state index contributed by atoms with van der Waals surface area (Å²) < 4.78 is 40.5. The Morgan fingerprint density at radius 2 is 1.78 bits per heavy atom. The SMILES string of the molecule is CC1(C)CC=Cc2cc(Cc3c(F)cc(F)cc3F)c(=O)[nH]c21. The zero-order valence-electron chi connectivity index (χ0n) is 12.8. The van der Waals surface area contributed by atoms with Gasteiger partial charge >= 0.3 is 0 Å². The van der Waals surface area contributed by atoms with Crippen LogP contribution in [0.1, 0.15) is 42.7 Å². The van der Waals surface area contributed by atoms with Crippen LogP contribution in [0.2, 0.25) is 0 Å². The standard InChI is InChI=1S/C18H16F3NO/c1-18(2)5-3-4-10-6-11(17(23)22-16(10)18)7-13-14(20)8-12(19)9-15(13)21/h3-4,6,8-9H,5,7H2,1-2H3,(H,22,23). The van der Waals surface area contributed by atoms with Gasteiger partial charge in [-0.3, -0.25) is 4.79 Å². The molecule has 2 aromatic rings. The average molecular weight is 319 g/mol. The van der Waals surface area contributed by atoms with Gasteiger partial charge in [0, 0.05) is 40.8 Å². The van der Waals surface area contributed by atoms with Crippen LogP contribution in [0.25, 0.3) is 6.08 Å². The van der Waals surface area contributed by atoms with Gasteiger partial charge in [0.25, 0.3) is 5.56 Å². The van der Waals surface area contributed by atoms with Crippen LogP contribution in [0.4, 0.5) is 13.2 Å². The van der Waals surface area contributed by atoms with E-state index in [0.29, 0.717) is 12.1 Å². The van der Waals surface area contributed by atoms with Gasteiger partial charge in [0.2, 0.25) is 0 Å². The summed E-state index contributed by atoms with van der Waals surface area (Å²) in [5.41, 5.74) is 1.00. The highest BCUT2D eigenvalue weighted by Gasteiger charge is 2.26. The van der Waals surface area contributed by atoms with E-state index in [2.05, 4.69) is 4.98 Å². The Bertz CT molecular complexity index is 842. The van der Waals surface area contributed by atoms with Crippen molar-refractivity contribution in [2.24, 2.45) is 0 Å². The van der Waals surface area contributed by atoms with Crippen LogP contribution in [-0.2, 0) is 11.8 Å². The van der Waals surface area contributed by atoms with Gasteiger partial charge in [-0.1, -0.05) is 26.0 Å². The van der Waals surface area contributed by atoms with Crippen LogP contribution in [0, 0.1) is 17.5 Å². The van der Waals surface area contributed by atoms with Crippen LogP contribution in [-0.4, -0.2) is 4.98 Å². The van der Waals surface area contributed by atoms with Crippen molar-refractivity contribution in [3.8, 4) is 0 Å². The number of halogens is 3. The fraction of sp³-hybridized carbons (Fsp3) is 0.278. The molecule has 0 atom stereocenters. The number of aromatic nitrogens is 1. The highest BCUT2D eigenvalue weighted by atomic mass is 19.1. The smallest absolute Gasteiger partial charge is 0.251 e. The van der Waals surface area contributed by atoms with Crippen molar-refractivity contribution in [3.05, 3.63) is 74.5 Å². The van der Waals surface area contributed by atoms with E-state index in [1.807, 2.05) is 26.0 Å². The van der Waals surface area contributed by atoms with Gasteiger partial charge in [0.15, 0.2) is 0 Å². The molecule has 0 amide bonds. The first-order valence-corrected chi connectivity index (χ1v) is 7.34. The van der Waals surface area contributed by atoms with E-state index in [1.165, 1.54) is 0 Å². The molecule has 0 bridgehead atoms. The molecule has 5 heteroatoms. The lowest BCUT2D eigenvalue weighted by molar-refractivity contribution is 0.508. The molecule has 2 nitrogen and oxygen atoms in total. The van der Waals surface area contributed by atoms with E-state index < -0.39 is 17.5 Å². The molecular formula is C18H16F3NO. The fourth-order valence-electron chi connectivity index (χ4n) is 2.93. The van der Waals surface area contributed by atoms with E-state index in [0.717, 1.165) is 17.7 Å². The molecule has 0 fully saturated rings. The molecule has 1 aromatic carbocycles. The molecule has 0 radical (unpaired) electrons. The summed E-state index contributed by atoms with van der Waals surface area (Å²) in [5.74, 6) is -2.96. The molecular weight excluding hydrogens is 303 g/mol. The largest absolute Gasteiger partial charge is 0.325 e. The second kappa shape index (κ2) is 5.41. The highest BCUT2D eigenvalue weighted by Crippen LogP contribution is 2.33. The Morgan fingerprint density at radius 1 is 1.13 bits per heavy atom.